The summed E-state index contributed by atoms with van der Waals surface area (Å²) in [6.07, 6.45) is 0. The number of methoxy groups -OCH3 is 1. The van der Waals surface area contributed by atoms with Crippen molar-refractivity contribution >= 4 is 16.0 Å². The number of primary sulfonamides is 1. The fourth-order valence-corrected chi connectivity index (χ4v) is 1.89. The molecular formula is C11H16N2O4S. The quantitative estimate of drug-likeness (QED) is 0.744. The Labute approximate surface area is 106 Å². The van der Waals surface area contributed by atoms with Crippen LogP contribution in [0.4, 0.5) is 0 Å². The smallest absolute Gasteiger partial charge is 0.319 e. The predicted molar refractivity (Wildman–Crippen MR) is 66.2 cm³/mol. The van der Waals surface area contributed by atoms with Gasteiger partial charge in [0.15, 0.2) is 0 Å². The van der Waals surface area contributed by atoms with Crippen LogP contribution in [-0.2, 0) is 19.6 Å². The molecule has 0 aliphatic rings. The van der Waals surface area contributed by atoms with Gasteiger partial charge >= 0.3 is 5.97 Å². The maximum atomic E-state index is 11.1. The predicted octanol–water partition coefficient (Wildman–Crippen LogP) is 0.158. The molecule has 7 heteroatoms. The molecule has 0 heterocycles. The summed E-state index contributed by atoms with van der Waals surface area (Å²) >= 11 is 0. The number of nitrogens with two attached hydrogens (primary N) is 1. The molecule has 1 aromatic carbocycles. The van der Waals surface area contributed by atoms with Crippen LogP contribution >= 0.6 is 0 Å². The molecule has 0 aromatic heterocycles. The number of benzene rings is 1. The highest BCUT2D eigenvalue weighted by molar-refractivity contribution is 7.89. The Morgan fingerprint density at radius 3 is 2.39 bits per heavy atom. The first-order valence-corrected chi connectivity index (χ1v) is 6.82. The van der Waals surface area contributed by atoms with Gasteiger partial charge < -0.3 is 10.1 Å². The number of rotatable bonds is 5. The summed E-state index contributed by atoms with van der Waals surface area (Å²) in [5.74, 6) is -0.358. The normalized spacial score (nSPS) is 13.1. The second-order valence-electron chi connectivity index (χ2n) is 3.79. The summed E-state index contributed by atoms with van der Waals surface area (Å²) in [6.45, 7) is 1.95. The zero-order valence-corrected chi connectivity index (χ0v) is 11.0. The number of hydrogen-bond acceptors (Lipinski definition) is 5. The van der Waals surface area contributed by atoms with E-state index >= 15 is 0 Å². The highest BCUT2D eigenvalue weighted by Gasteiger charge is 2.10. The summed E-state index contributed by atoms with van der Waals surface area (Å²) in [5, 5.41) is 7.95. The minimum absolute atomic E-state index is 0.0615. The topological polar surface area (TPSA) is 98.5 Å². The Hall–Kier alpha value is -1.44. The Balaban J connectivity index is 2.70. The molecule has 0 aliphatic heterocycles. The van der Waals surface area contributed by atoms with Crippen LogP contribution in [0.25, 0.3) is 0 Å². The third-order valence-electron chi connectivity index (χ3n) is 2.49. The van der Waals surface area contributed by atoms with Crippen molar-refractivity contribution in [2.24, 2.45) is 5.14 Å². The molecule has 0 spiro atoms. The van der Waals surface area contributed by atoms with Gasteiger partial charge in [-0.2, -0.15) is 0 Å². The monoisotopic (exact) mass is 272 g/mol. The van der Waals surface area contributed by atoms with Crippen LogP contribution in [0.15, 0.2) is 29.2 Å². The van der Waals surface area contributed by atoms with Crippen molar-refractivity contribution in [3.05, 3.63) is 29.8 Å². The minimum atomic E-state index is -3.67. The summed E-state index contributed by atoms with van der Waals surface area (Å²) in [5.41, 5.74) is 0.853. The molecule has 0 saturated heterocycles. The highest BCUT2D eigenvalue weighted by atomic mass is 32.2. The summed E-state index contributed by atoms with van der Waals surface area (Å²) < 4.78 is 26.6. The van der Waals surface area contributed by atoms with Crippen molar-refractivity contribution in [3.8, 4) is 0 Å². The second-order valence-corrected chi connectivity index (χ2v) is 5.35. The molecule has 1 rings (SSSR count). The largest absolute Gasteiger partial charge is 0.468 e. The summed E-state index contributed by atoms with van der Waals surface area (Å²) in [4.78, 5) is 11.0. The molecule has 0 fully saturated rings. The first kappa shape index (κ1) is 14.6. The highest BCUT2D eigenvalue weighted by Crippen LogP contribution is 2.15. The first-order chi connectivity index (χ1) is 8.34. The fourth-order valence-electron chi connectivity index (χ4n) is 1.37. The van der Waals surface area contributed by atoms with E-state index in [-0.39, 0.29) is 23.5 Å². The summed E-state index contributed by atoms with van der Waals surface area (Å²) in [6, 6.07) is 6.06. The lowest BCUT2D eigenvalue weighted by molar-refractivity contribution is -0.139. The van der Waals surface area contributed by atoms with Gasteiger partial charge in [-0.15, -0.1) is 0 Å². The molecule has 0 radical (unpaired) electrons. The van der Waals surface area contributed by atoms with Crippen LogP contribution in [0.2, 0.25) is 0 Å². The van der Waals surface area contributed by atoms with Crippen molar-refractivity contribution < 1.29 is 17.9 Å². The van der Waals surface area contributed by atoms with Crippen LogP contribution in [0.1, 0.15) is 18.5 Å². The van der Waals surface area contributed by atoms with Crippen molar-refractivity contribution in [1.29, 1.82) is 0 Å². The van der Waals surface area contributed by atoms with Crippen LogP contribution < -0.4 is 10.5 Å². The Kier molecular flexibility index (Phi) is 4.83. The number of esters is 1. The van der Waals surface area contributed by atoms with Crippen molar-refractivity contribution in [1.82, 2.24) is 5.32 Å². The maximum Gasteiger partial charge on any atom is 0.319 e. The molecule has 100 valence electrons. The van der Waals surface area contributed by atoms with Gasteiger partial charge in [0.05, 0.1) is 18.6 Å². The van der Waals surface area contributed by atoms with Crippen LogP contribution in [-0.4, -0.2) is 28.0 Å². The van der Waals surface area contributed by atoms with E-state index in [1.165, 1.54) is 19.2 Å². The molecule has 0 bridgehead atoms. The van der Waals surface area contributed by atoms with E-state index < -0.39 is 10.0 Å². The molecule has 1 atom stereocenters. The van der Waals surface area contributed by atoms with Gasteiger partial charge in [-0.05, 0) is 24.6 Å². The first-order valence-electron chi connectivity index (χ1n) is 5.27. The van der Waals surface area contributed by atoms with Gasteiger partial charge in [0, 0.05) is 6.04 Å². The van der Waals surface area contributed by atoms with E-state index in [4.69, 9.17) is 5.14 Å². The lowest BCUT2D eigenvalue weighted by atomic mass is 10.1. The number of carbonyl (C=O) groups is 1. The minimum Gasteiger partial charge on any atom is -0.468 e. The van der Waals surface area contributed by atoms with Gasteiger partial charge in [0.1, 0.15) is 0 Å². The molecule has 3 N–H and O–H groups in total. The number of nitrogens with one attached hydrogen (secondary N) is 1. The lowest BCUT2D eigenvalue weighted by Gasteiger charge is -2.13. The van der Waals surface area contributed by atoms with Crippen LogP contribution in [0.3, 0.4) is 0 Å². The zero-order chi connectivity index (χ0) is 13.8. The van der Waals surface area contributed by atoms with Gasteiger partial charge in [-0.1, -0.05) is 12.1 Å². The van der Waals surface area contributed by atoms with Crippen molar-refractivity contribution in [2.45, 2.75) is 17.9 Å². The molecule has 18 heavy (non-hydrogen) atoms. The molecule has 1 aromatic rings. The molecule has 6 nitrogen and oxygen atoms in total. The average molecular weight is 272 g/mol. The van der Waals surface area contributed by atoms with Gasteiger partial charge in [-0.3, -0.25) is 4.79 Å². The van der Waals surface area contributed by atoms with Gasteiger partial charge in [0.25, 0.3) is 0 Å². The molecule has 0 saturated carbocycles. The van der Waals surface area contributed by atoms with Crippen molar-refractivity contribution in [2.75, 3.05) is 13.7 Å². The van der Waals surface area contributed by atoms with E-state index in [0.717, 1.165) is 5.56 Å². The molecule has 0 aliphatic carbocycles. The fraction of sp³-hybridized carbons (Fsp3) is 0.364. The van der Waals surface area contributed by atoms with E-state index in [9.17, 15) is 13.2 Å². The third-order valence-corrected chi connectivity index (χ3v) is 3.42. The maximum absolute atomic E-state index is 11.1. The van der Waals surface area contributed by atoms with Gasteiger partial charge in [0.2, 0.25) is 10.0 Å². The van der Waals surface area contributed by atoms with E-state index in [1.807, 2.05) is 6.92 Å². The zero-order valence-electron chi connectivity index (χ0n) is 10.2. The van der Waals surface area contributed by atoms with E-state index in [2.05, 4.69) is 10.1 Å². The second kappa shape index (κ2) is 5.94. The molecular weight excluding hydrogens is 256 g/mol. The number of carbonyl (C=O) groups excluding carboxylic acids is 1. The van der Waals surface area contributed by atoms with E-state index in [1.54, 1.807) is 12.1 Å². The van der Waals surface area contributed by atoms with Crippen molar-refractivity contribution in [3.63, 3.8) is 0 Å². The Morgan fingerprint density at radius 1 is 1.39 bits per heavy atom. The van der Waals surface area contributed by atoms with Crippen LogP contribution in [0.5, 0.6) is 0 Å². The average Bonchev–Trinajstić information content (AvgIpc) is 2.34. The molecule has 0 amide bonds. The Morgan fingerprint density at radius 2 is 1.94 bits per heavy atom. The van der Waals surface area contributed by atoms with Crippen LogP contribution in [0, 0.1) is 0 Å². The number of ether oxygens (including phenoxy) is 1. The standard InChI is InChI=1S/C11H16N2O4S/c1-8(13-7-11(14)17-2)9-3-5-10(6-4-9)18(12,15)16/h3-6,8,13H,7H2,1-2H3,(H2,12,15,16). The summed E-state index contributed by atoms with van der Waals surface area (Å²) in [7, 11) is -2.35. The Bertz CT molecular complexity index is 510. The number of hydrogen-bond donors (Lipinski definition) is 2. The SMILES string of the molecule is COC(=O)CNC(C)c1ccc(S(N)(=O)=O)cc1. The molecule has 1 unspecified atom stereocenters. The lowest BCUT2D eigenvalue weighted by Crippen LogP contribution is -2.26. The van der Waals surface area contributed by atoms with E-state index in [0.29, 0.717) is 0 Å². The number of sulfonamides is 1. The van der Waals surface area contributed by atoms with Gasteiger partial charge in [-0.25, -0.2) is 13.6 Å². The third kappa shape index (κ3) is 4.10.